The average Bonchev–Trinajstić information content (AvgIpc) is 2.70. The molecule has 7 heteroatoms. The Morgan fingerprint density at radius 2 is 2.05 bits per heavy atom. The molecule has 0 atom stereocenters. The van der Waals surface area contributed by atoms with E-state index in [1.165, 1.54) is 18.3 Å². The van der Waals surface area contributed by atoms with E-state index in [1.807, 2.05) is 0 Å². The number of carbonyl (C=O) groups excluding carboxylic acids is 1. The van der Waals surface area contributed by atoms with Gasteiger partial charge in [0.05, 0.1) is 22.6 Å². The van der Waals surface area contributed by atoms with E-state index >= 15 is 0 Å². The number of hydrogen-bond donors (Lipinski definition) is 3. The van der Waals surface area contributed by atoms with Crippen LogP contribution in [-0.4, -0.2) is 32.2 Å². The molecule has 0 aliphatic heterocycles. The average molecular weight is 260 g/mol. The lowest BCUT2D eigenvalue weighted by molar-refractivity contribution is 0.0690. The van der Waals surface area contributed by atoms with Crippen molar-refractivity contribution in [1.82, 2.24) is 15.2 Å². The SMILES string of the molecule is Cc1n[nH]c(C)c1NC(=O)c1ccc(C(=O)O)nc1. The molecule has 98 valence electrons. The fraction of sp³-hybridized carbons (Fsp3) is 0.167. The van der Waals surface area contributed by atoms with Gasteiger partial charge in [-0.3, -0.25) is 9.89 Å². The summed E-state index contributed by atoms with van der Waals surface area (Å²) >= 11 is 0. The lowest BCUT2D eigenvalue weighted by Gasteiger charge is -2.05. The van der Waals surface area contributed by atoms with Crippen LogP contribution in [0.2, 0.25) is 0 Å². The van der Waals surface area contributed by atoms with Gasteiger partial charge in [-0.1, -0.05) is 0 Å². The number of aromatic amines is 1. The number of aromatic carboxylic acids is 1. The van der Waals surface area contributed by atoms with Crippen molar-refractivity contribution < 1.29 is 14.7 Å². The number of H-pyrrole nitrogens is 1. The highest BCUT2D eigenvalue weighted by molar-refractivity contribution is 6.04. The molecule has 19 heavy (non-hydrogen) atoms. The summed E-state index contributed by atoms with van der Waals surface area (Å²) in [4.78, 5) is 26.3. The minimum atomic E-state index is -1.13. The third-order valence-electron chi connectivity index (χ3n) is 2.61. The number of aromatic nitrogens is 3. The van der Waals surface area contributed by atoms with Gasteiger partial charge in [-0.2, -0.15) is 5.10 Å². The van der Waals surface area contributed by atoms with Gasteiger partial charge in [0.15, 0.2) is 0 Å². The van der Waals surface area contributed by atoms with Crippen molar-refractivity contribution in [2.45, 2.75) is 13.8 Å². The smallest absolute Gasteiger partial charge is 0.354 e. The molecule has 0 aliphatic rings. The van der Waals surface area contributed by atoms with Crippen molar-refractivity contribution in [3.05, 3.63) is 41.0 Å². The molecule has 0 fully saturated rings. The van der Waals surface area contributed by atoms with Crippen molar-refractivity contribution in [2.75, 3.05) is 5.32 Å². The molecular formula is C12H12N4O3. The minimum absolute atomic E-state index is 0.104. The Balaban J connectivity index is 2.18. The second-order valence-corrected chi connectivity index (χ2v) is 4.00. The van der Waals surface area contributed by atoms with Crippen LogP contribution in [-0.2, 0) is 0 Å². The van der Waals surface area contributed by atoms with Crippen LogP contribution in [0, 0.1) is 13.8 Å². The molecule has 0 saturated carbocycles. The Morgan fingerprint density at radius 3 is 2.53 bits per heavy atom. The molecule has 0 spiro atoms. The van der Waals surface area contributed by atoms with Crippen LogP contribution >= 0.6 is 0 Å². The highest BCUT2D eigenvalue weighted by Crippen LogP contribution is 2.17. The quantitative estimate of drug-likeness (QED) is 0.772. The summed E-state index contributed by atoms with van der Waals surface area (Å²) in [5.41, 5.74) is 2.23. The predicted molar refractivity (Wildman–Crippen MR) is 67.2 cm³/mol. The standard InChI is InChI=1S/C12H12N4O3/c1-6-10(7(2)16-15-6)14-11(17)8-3-4-9(12(18)19)13-5-8/h3-5H,1-2H3,(H,14,17)(H,15,16)(H,18,19). The molecule has 2 aromatic heterocycles. The summed E-state index contributed by atoms with van der Waals surface area (Å²) in [6, 6.07) is 2.70. The minimum Gasteiger partial charge on any atom is -0.477 e. The Hall–Kier alpha value is -2.70. The van der Waals surface area contributed by atoms with E-state index in [0.717, 1.165) is 5.69 Å². The number of carboxylic acid groups (broad SMARTS) is 1. The van der Waals surface area contributed by atoms with Crippen LogP contribution < -0.4 is 5.32 Å². The first-order valence-corrected chi connectivity index (χ1v) is 5.51. The number of anilines is 1. The molecule has 0 aliphatic carbocycles. The zero-order chi connectivity index (χ0) is 14.0. The molecule has 2 heterocycles. The zero-order valence-corrected chi connectivity index (χ0v) is 10.4. The molecule has 3 N–H and O–H groups in total. The van der Waals surface area contributed by atoms with Crippen molar-refractivity contribution in [3.63, 3.8) is 0 Å². The van der Waals surface area contributed by atoms with Crippen LogP contribution in [0.3, 0.4) is 0 Å². The molecule has 0 radical (unpaired) electrons. The molecule has 2 rings (SSSR count). The molecule has 0 saturated heterocycles. The molecule has 2 aromatic rings. The lowest BCUT2D eigenvalue weighted by atomic mass is 10.2. The third-order valence-corrected chi connectivity index (χ3v) is 2.61. The van der Waals surface area contributed by atoms with Crippen molar-refractivity contribution in [2.24, 2.45) is 0 Å². The van der Waals surface area contributed by atoms with E-state index in [2.05, 4.69) is 20.5 Å². The Bertz CT molecular complexity index is 611. The summed E-state index contributed by atoms with van der Waals surface area (Å²) in [7, 11) is 0. The highest BCUT2D eigenvalue weighted by Gasteiger charge is 2.13. The van der Waals surface area contributed by atoms with Gasteiger partial charge in [0, 0.05) is 6.20 Å². The third kappa shape index (κ3) is 2.59. The number of hydrogen-bond acceptors (Lipinski definition) is 4. The van der Waals surface area contributed by atoms with Gasteiger partial charge in [-0.25, -0.2) is 9.78 Å². The number of rotatable bonds is 3. The molecule has 0 bridgehead atoms. The van der Waals surface area contributed by atoms with E-state index in [1.54, 1.807) is 13.8 Å². The molecule has 7 nitrogen and oxygen atoms in total. The van der Waals surface area contributed by atoms with Crippen molar-refractivity contribution >= 4 is 17.6 Å². The highest BCUT2D eigenvalue weighted by atomic mass is 16.4. The Kier molecular flexibility index (Phi) is 3.28. The van der Waals surface area contributed by atoms with Crippen molar-refractivity contribution in [1.29, 1.82) is 0 Å². The van der Waals surface area contributed by atoms with Crippen LogP contribution in [0.4, 0.5) is 5.69 Å². The topological polar surface area (TPSA) is 108 Å². The van der Waals surface area contributed by atoms with Gasteiger partial charge < -0.3 is 10.4 Å². The first kappa shape index (κ1) is 12.7. The summed E-state index contributed by atoms with van der Waals surface area (Å²) in [5.74, 6) is -1.49. The number of amides is 1. The second-order valence-electron chi connectivity index (χ2n) is 4.00. The van der Waals surface area contributed by atoms with Gasteiger partial charge in [0.1, 0.15) is 5.69 Å². The largest absolute Gasteiger partial charge is 0.477 e. The lowest BCUT2D eigenvalue weighted by Crippen LogP contribution is -2.14. The molecule has 0 aromatic carbocycles. The summed E-state index contributed by atoms with van der Waals surface area (Å²) in [6.07, 6.45) is 1.23. The summed E-state index contributed by atoms with van der Waals surface area (Å²) in [5, 5.41) is 18.1. The van der Waals surface area contributed by atoms with Crippen LogP contribution in [0.1, 0.15) is 32.2 Å². The first-order valence-electron chi connectivity index (χ1n) is 5.51. The number of pyridine rings is 1. The maximum absolute atomic E-state index is 12.0. The van der Waals surface area contributed by atoms with Gasteiger partial charge in [0.2, 0.25) is 0 Å². The van der Waals surface area contributed by atoms with E-state index in [0.29, 0.717) is 11.4 Å². The maximum atomic E-state index is 12.0. The fourth-order valence-electron chi connectivity index (χ4n) is 1.58. The first-order chi connectivity index (χ1) is 8.99. The van der Waals surface area contributed by atoms with E-state index in [9.17, 15) is 9.59 Å². The van der Waals surface area contributed by atoms with Gasteiger partial charge in [-0.05, 0) is 26.0 Å². The van der Waals surface area contributed by atoms with Crippen LogP contribution in [0.15, 0.2) is 18.3 Å². The van der Waals surface area contributed by atoms with Gasteiger partial charge in [-0.15, -0.1) is 0 Å². The Morgan fingerprint density at radius 1 is 1.32 bits per heavy atom. The van der Waals surface area contributed by atoms with Crippen LogP contribution in [0.25, 0.3) is 0 Å². The summed E-state index contributed by atoms with van der Waals surface area (Å²) in [6.45, 7) is 3.56. The number of carboxylic acids is 1. The number of carbonyl (C=O) groups is 2. The van der Waals surface area contributed by atoms with E-state index in [4.69, 9.17) is 5.11 Å². The molecular weight excluding hydrogens is 248 g/mol. The number of nitrogens with zero attached hydrogens (tertiary/aromatic N) is 2. The van der Waals surface area contributed by atoms with E-state index in [-0.39, 0.29) is 17.2 Å². The predicted octanol–water partition coefficient (Wildman–Crippen LogP) is 1.37. The van der Waals surface area contributed by atoms with E-state index < -0.39 is 5.97 Å². The Labute approximate surface area is 108 Å². The fourth-order valence-corrected chi connectivity index (χ4v) is 1.58. The normalized spacial score (nSPS) is 10.2. The number of nitrogens with one attached hydrogen (secondary N) is 2. The molecule has 1 amide bonds. The zero-order valence-electron chi connectivity index (χ0n) is 10.4. The van der Waals surface area contributed by atoms with Gasteiger partial charge in [0.25, 0.3) is 5.91 Å². The summed E-state index contributed by atoms with van der Waals surface area (Å²) < 4.78 is 0. The van der Waals surface area contributed by atoms with Gasteiger partial charge >= 0.3 is 5.97 Å². The van der Waals surface area contributed by atoms with Crippen LogP contribution in [0.5, 0.6) is 0 Å². The molecule has 0 unspecified atom stereocenters. The maximum Gasteiger partial charge on any atom is 0.354 e. The van der Waals surface area contributed by atoms with Crippen molar-refractivity contribution in [3.8, 4) is 0 Å². The second kappa shape index (κ2) is 4.89. The monoisotopic (exact) mass is 260 g/mol. The number of aryl methyl sites for hydroxylation is 2.